The van der Waals surface area contributed by atoms with Crippen molar-refractivity contribution in [1.82, 2.24) is 20.9 Å². The number of aliphatic hydroxyl groups excluding tert-OH is 1. The van der Waals surface area contributed by atoms with Crippen molar-refractivity contribution in [2.75, 3.05) is 19.7 Å². The molecule has 3 rings (SSSR count). The third kappa shape index (κ3) is 7.42. The first-order chi connectivity index (χ1) is 16.6. The first-order valence-electron chi connectivity index (χ1n) is 12.2. The molecule has 2 aliphatic heterocycles. The smallest absolute Gasteiger partial charge is 0.255 e. The molecular formula is C25H36N4O6. The molecular weight excluding hydrogens is 452 g/mol. The van der Waals surface area contributed by atoms with E-state index in [0.29, 0.717) is 38.1 Å². The average Bonchev–Trinajstić information content (AvgIpc) is 2.81. The van der Waals surface area contributed by atoms with E-state index in [1.165, 1.54) is 0 Å². The monoisotopic (exact) mass is 488 g/mol. The molecule has 10 nitrogen and oxygen atoms in total. The van der Waals surface area contributed by atoms with Crippen LogP contribution < -0.4 is 20.7 Å². The van der Waals surface area contributed by atoms with Crippen LogP contribution in [-0.4, -0.2) is 77.6 Å². The maximum atomic E-state index is 13.3. The number of amides is 4. The summed E-state index contributed by atoms with van der Waals surface area (Å²) in [6, 6.07) is 4.26. The van der Waals surface area contributed by atoms with Crippen LogP contribution in [0, 0.1) is 5.92 Å². The molecule has 0 radical (unpaired) electrons. The number of aliphatic hydroxyl groups is 1. The highest BCUT2D eigenvalue weighted by atomic mass is 16.5. The summed E-state index contributed by atoms with van der Waals surface area (Å²) in [6.07, 6.45) is 0.623. The van der Waals surface area contributed by atoms with Crippen LogP contribution in [0.4, 0.5) is 0 Å². The fourth-order valence-electron chi connectivity index (χ4n) is 4.22. The number of nitrogens with one attached hydrogen (secondary N) is 3. The molecule has 2 aliphatic rings. The molecule has 0 aliphatic carbocycles. The zero-order chi connectivity index (χ0) is 25.5. The van der Waals surface area contributed by atoms with Gasteiger partial charge in [0, 0.05) is 13.1 Å². The first kappa shape index (κ1) is 26.5. The van der Waals surface area contributed by atoms with E-state index in [2.05, 4.69) is 16.0 Å². The zero-order valence-corrected chi connectivity index (χ0v) is 20.6. The molecule has 1 aromatic carbocycles. The lowest BCUT2D eigenvalue weighted by molar-refractivity contribution is -0.137. The maximum absolute atomic E-state index is 13.3. The Morgan fingerprint density at radius 3 is 2.40 bits per heavy atom. The Morgan fingerprint density at radius 1 is 1.06 bits per heavy atom. The van der Waals surface area contributed by atoms with Crippen molar-refractivity contribution >= 4 is 23.6 Å². The standard InChI is InChI=1S/C25H36N4O6/c1-15(2)12-19-24(33)26-16(3)14-35-21-7-5-4-6-18(21)23(32)27-20(25(34)28-19)13-22(31)29-10-8-17(30)9-11-29/h4-7,15-17,19-20,30H,8-14H2,1-3H3,(H,26,33)(H,27,32)(H,28,34)/t16-,19-,20+/m1/s1. The van der Waals surface area contributed by atoms with Crippen LogP contribution in [0.25, 0.3) is 0 Å². The molecule has 192 valence electrons. The Hall–Kier alpha value is -3.14. The molecule has 0 saturated carbocycles. The van der Waals surface area contributed by atoms with E-state index in [0.717, 1.165) is 0 Å². The predicted molar refractivity (Wildman–Crippen MR) is 129 cm³/mol. The van der Waals surface area contributed by atoms with Gasteiger partial charge in [0.15, 0.2) is 0 Å². The molecule has 0 aromatic heterocycles. The average molecular weight is 489 g/mol. The Kier molecular flexibility index (Phi) is 9.08. The second-order valence-corrected chi connectivity index (χ2v) is 9.75. The quantitative estimate of drug-likeness (QED) is 0.490. The molecule has 1 aromatic rings. The van der Waals surface area contributed by atoms with E-state index >= 15 is 0 Å². The molecule has 0 unspecified atom stereocenters. The summed E-state index contributed by atoms with van der Waals surface area (Å²) in [5.74, 6) is -1.36. The highest BCUT2D eigenvalue weighted by Crippen LogP contribution is 2.19. The normalized spacial score (nSPS) is 24.7. The van der Waals surface area contributed by atoms with Crippen LogP contribution >= 0.6 is 0 Å². The number of hydrogen-bond acceptors (Lipinski definition) is 6. The van der Waals surface area contributed by atoms with Crippen LogP contribution in [0.3, 0.4) is 0 Å². The minimum absolute atomic E-state index is 0.118. The zero-order valence-electron chi connectivity index (χ0n) is 20.6. The Balaban J connectivity index is 1.88. The van der Waals surface area contributed by atoms with Crippen LogP contribution in [0.1, 0.15) is 56.8 Å². The minimum Gasteiger partial charge on any atom is -0.491 e. The predicted octanol–water partition coefficient (Wildman–Crippen LogP) is 0.586. The van der Waals surface area contributed by atoms with Crippen molar-refractivity contribution in [3.8, 4) is 5.75 Å². The van der Waals surface area contributed by atoms with Crippen molar-refractivity contribution in [2.24, 2.45) is 5.92 Å². The van der Waals surface area contributed by atoms with Crippen LogP contribution in [0.5, 0.6) is 5.75 Å². The number of ether oxygens (including phenoxy) is 1. The number of carbonyl (C=O) groups excluding carboxylic acids is 4. The number of nitrogens with zero attached hydrogens (tertiary/aromatic N) is 1. The summed E-state index contributed by atoms with van der Waals surface area (Å²) in [5.41, 5.74) is 0.232. The summed E-state index contributed by atoms with van der Waals surface area (Å²) in [6.45, 7) is 6.58. The third-order valence-electron chi connectivity index (χ3n) is 6.17. The number of benzene rings is 1. The third-order valence-corrected chi connectivity index (χ3v) is 6.17. The Bertz CT molecular complexity index is 928. The first-order valence-corrected chi connectivity index (χ1v) is 12.2. The highest BCUT2D eigenvalue weighted by Gasteiger charge is 2.32. The lowest BCUT2D eigenvalue weighted by Crippen LogP contribution is -2.56. The SMILES string of the molecule is CC(C)C[C@H]1NC(=O)[C@H](CC(=O)N2CCC(O)CC2)NC(=O)c2ccccc2OC[C@@H](C)NC1=O. The van der Waals surface area contributed by atoms with Crippen molar-refractivity contribution in [3.63, 3.8) is 0 Å². The minimum atomic E-state index is -1.18. The highest BCUT2D eigenvalue weighted by molar-refractivity contribution is 6.01. The molecule has 0 bridgehead atoms. The number of likely N-dealkylation sites (tertiary alicyclic amines) is 1. The second-order valence-electron chi connectivity index (χ2n) is 9.75. The number of hydrogen-bond donors (Lipinski definition) is 4. The summed E-state index contributed by atoms with van der Waals surface area (Å²) in [5, 5.41) is 18.0. The number of carbonyl (C=O) groups is 4. The fourth-order valence-corrected chi connectivity index (χ4v) is 4.22. The van der Waals surface area contributed by atoms with Gasteiger partial charge in [-0.05, 0) is 44.2 Å². The maximum Gasteiger partial charge on any atom is 0.255 e. The number of fused-ring (bicyclic) bond motifs is 1. The molecule has 1 saturated heterocycles. The number of rotatable bonds is 4. The van der Waals surface area contributed by atoms with Crippen molar-refractivity contribution in [3.05, 3.63) is 29.8 Å². The van der Waals surface area contributed by atoms with Gasteiger partial charge in [0.1, 0.15) is 24.4 Å². The molecule has 0 spiro atoms. The number of para-hydroxylation sites is 1. The van der Waals surface area contributed by atoms with E-state index in [1.54, 1.807) is 36.1 Å². The van der Waals surface area contributed by atoms with Crippen LogP contribution in [0.2, 0.25) is 0 Å². The van der Waals surface area contributed by atoms with E-state index in [1.807, 2.05) is 13.8 Å². The van der Waals surface area contributed by atoms with Gasteiger partial charge < -0.3 is 30.7 Å². The van der Waals surface area contributed by atoms with E-state index < -0.39 is 30.0 Å². The summed E-state index contributed by atoms with van der Waals surface area (Å²) in [7, 11) is 0. The topological polar surface area (TPSA) is 137 Å². The van der Waals surface area contributed by atoms with Gasteiger partial charge in [0.25, 0.3) is 5.91 Å². The summed E-state index contributed by atoms with van der Waals surface area (Å²) >= 11 is 0. The van der Waals surface area contributed by atoms with Gasteiger partial charge in [-0.25, -0.2) is 0 Å². The number of piperidine rings is 1. The molecule has 4 N–H and O–H groups in total. The van der Waals surface area contributed by atoms with Gasteiger partial charge in [-0.1, -0.05) is 26.0 Å². The van der Waals surface area contributed by atoms with Gasteiger partial charge in [0.2, 0.25) is 17.7 Å². The second kappa shape index (κ2) is 12.0. The van der Waals surface area contributed by atoms with Crippen molar-refractivity contribution in [2.45, 2.75) is 70.7 Å². The van der Waals surface area contributed by atoms with Crippen molar-refractivity contribution in [1.29, 1.82) is 0 Å². The fraction of sp³-hybridized carbons (Fsp3) is 0.600. The van der Waals surface area contributed by atoms with E-state index in [9.17, 15) is 24.3 Å². The Labute approximate surface area is 205 Å². The van der Waals surface area contributed by atoms with Crippen LogP contribution in [0.15, 0.2) is 24.3 Å². The van der Waals surface area contributed by atoms with Gasteiger partial charge in [-0.3, -0.25) is 19.2 Å². The molecule has 4 amide bonds. The molecule has 2 heterocycles. The molecule has 1 fully saturated rings. The van der Waals surface area contributed by atoms with Gasteiger partial charge in [-0.15, -0.1) is 0 Å². The van der Waals surface area contributed by atoms with Gasteiger partial charge in [0.05, 0.1) is 24.1 Å². The summed E-state index contributed by atoms with van der Waals surface area (Å²) < 4.78 is 5.82. The van der Waals surface area contributed by atoms with Gasteiger partial charge >= 0.3 is 0 Å². The Morgan fingerprint density at radius 2 is 1.71 bits per heavy atom. The lowest BCUT2D eigenvalue weighted by atomic mass is 10.0. The largest absolute Gasteiger partial charge is 0.491 e. The molecule has 10 heteroatoms. The molecule has 3 atom stereocenters. The van der Waals surface area contributed by atoms with E-state index in [-0.39, 0.29) is 42.4 Å². The van der Waals surface area contributed by atoms with Crippen LogP contribution in [-0.2, 0) is 14.4 Å². The lowest BCUT2D eigenvalue weighted by Gasteiger charge is -2.31. The van der Waals surface area contributed by atoms with E-state index in [4.69, 9.17) is 4.74 Å². The van der Waals surface area contributed by atoms with Gasteiger partial charge in [-0.2, -0.15) is 0 Å². The summed E-state index contributed by atoms with van der Waals surface area (Å²) in [4.78, 5) is 54.0. The molecule has 35 heavy (non-hydrogen) atoms. The van der Waals surface area contributed by atoms with Crippen molar-refractivity contribution < 1.29 is 29.0 Å².